The zero-order valence-electron chi connectivity index (χ0n) is 17.1. The van der Waals surface area contributed by atoms with Gasteiger partial charge in [0.25, 0.3) is 5.91 Å². The molecule has 2 heterocycles. The van der Waals surface area contributed by atoms with Crippen LogP contribution >= 0.6 is 0 Å². The number of rotatable bonds is 7. The molecule has 1 amide bonds. The Balaban J connectivity index is 1.76. The van der Waals surface area contributed by atoms with Gasteiger partial charge in [-0.3, -0.25) is 4.79 Å². The number of amides is 1. The minimum atomic E-state index is -0.0741. The second-order valence-electron chi connectivity index (χ2n) is 8.18. The smallest absolute Gasteiger partial charge is 0.272 e. The zero-order chi connectivity index (χ0) is 20.1. The van der Waals surface area contributed by atoms with Crippen LogP contribution in [0.2, 0.25) is 0 Å². The fraction of sp³-hybridized carbons (Fsp3) is 0.750. The van der Waals surface area contributed by atoms with Crippen molar-refractivity contribution >= 4 is 11.9 Å². The highest BCUT2D eigenvalue weighted by Crippen LogP contribution is 2.27. The number of carbonyl (C=O) groups is 1. The van der Waals surface area contributed by atoms with Crippen LogP contribution in [-0.4, -0.2) is 84.3 Å². The molecule has 1 aromatic heterocycles. The molecule has 1 aliphatic carbocycles. The molecule has 2 atom stereocenters. The summed E-state index contributed by atoms with van der Waals surface area (Å²) in [4.78, 5) is 26.1. The Bertz CT molecular complexity index is 684. The number of likely N-dealkylation sites (tertiary alicyclic amines) is 1. The first kappa shape index (κ1) is 21.0. The van der Waals surface area contributed by atoms with Crippen LogP contribution in [0.4, 0.5) is 5.95 Å². The maximum Gasteiger partial charge on any atom is 0.272 e. The van der Waals surface area contributed by atoms with Gasteiger partial charge < -0.3 is 25.4 Å². The molecule has 0 spiro atoms. The van der Waals surface area contributed by atoms with Crippen LogP contribution in [0.1, 0.15) is 41.0 Å². The molecule has 1 aliphatic heterocycles. The summed E-state index contributed by atoms with van der Waals surface area (Å²) in [6.07, 6.45) is 4.73. The lowest BCUT2D eigenvalue weighted by Crippen LogP contribution is -2.48. The van der Waals surface area contributed by atoms with Crippen LogP contribution < -0.4 is 5.73 Å². The second-order valence-corrected chi connectivity index (χ2v) is 8.18. The van der Waals surface area contributed by atoms with Gasteiger partial charge in [-0.05, 0) is 51.0 Å². The van der Waals surface area contributed by atoms with E-state index in [0.29, 0.717) is 31.3 Å². The van der Waals surface area contributed by atoms with E-state index in [1.807, 2.05) is 4.90 Å². The zero-order valence-corrected chi connectivity index (χ0v) is 17.1. The summed E-state index contributed by atoms with van der Waals surface area (Å²) in [6.45, 7) is 3.72. The molecule has 0 radical (unpaired) electrons. The van der Waals surface area contributed by atoms with Gasteiger partial charge in [0.1, 0.15) is 5.69 Å². The van der Waals surface area contributed by atoms with E-state index in [0.717, 1.165) is 56.5 Å². The van der Waals surface area contributed by atoms with Gasteiger partial charge in [0.15, 0.2) is 0 Å². The second kappa shape index (κ2) is 9.62. The van der Waals surface area contributed by atoms with E-state index in [2.05, 4.69) is 21.9 Å². The number of hydrogen-bond donors (Lipinski definition) is 2. The molecule has 8 nitrogen and oxygen atoms in total. The molecule has 28 heavy (non-hydrogen) atoms. The number of ether oxygens (including phenoxy) is 1. The Kier molecular flexibility index (Phi) is 7.20. The highest BCUT2D eigenvalue weighted by Gasteiger charge is 2.33. The van der Waals surface area contributed by atoms with Crippen molar-refractivity contribution in [2.45, 2.75) is 32.1 Å². The summed E-state index contributed by atoms with van der Waals surface area (Å²) in [6, 6.07) is 0. The third-order valence-electron chi connectivity index (χ3n) is 5.82. The van der Waals surface area contributed by atoms with E-state index < -0.39 is 0 Å². The van der Waals surface area contributed by atoms with Gasteiger partial charge in [0, 0.05) is 51.2 Å². The molecule has 156 valence electrons. The normalized spacial score (nSPS) is 22.4. The first-order valence-electron chi connectivity index (χ1n) is 10.2. The Morgan fingerprint density at radius 2 is 2.04 bits per heavy atom. The largest absolute Gasteiger partial charge is 0.396 e. The van der Waals surface area contributed by atoms with Crippen molar-refractivity contribution in [1.29, 1.82) is 0 Å². The molecule has 2 aliphatic rings. The number of anilines is 1. The lowest BCUT2D eigenvalue weighted by Gasteiger charge is -2.39. The Morgan fingerprint density at radius 3 is 2.79 bits per heavy atom. The van der Waals surface area contributed by atoms with Crippen LogP contribution in [0.25, 0.3) is 0 Å². The minimum absolute atomic E-state index is 0.0741. The number of aliphatic hydroxyl groups excluding tert-OH is 1. The summed E-state index contributed by atoms with van der Waals surface area (Å²) < 4.78 is 5.15. The number of nitrogens with zero attached hydrogens (tertiary/aromatic N) is 4. The lowest BCUT2D eigenvalue weighted by atomic mass is 9.88. The fourth-order valence-electron chi connectivity index (χ4n) is 4.47. The van der Waals surface area contributed by atoms with Crippen LogP contribution in [0.15, 0.2) is 0 Å². The number of piperidine rings is 1. The molecular weight excluding hydrogens is 358 g/mol. The van der Waals surface area contributed by atoms with E-state index in [-0.39, 0.29) is 24.4 Å². The van der Waals surface area contributed by atoms with Crippen molar-refractivity contribution in [2.75, 3.05) is 59.3 Å². The number of fused-ring (bicyclic) bond motifs is 1. The number of nitrogen functional groups attached to an aromatic ring is 1. The maximum atomic E-state index is 13.4. The van der Waals surface area contributed by atoms with E-state index in [4.69, 9.17) is 10.5 Å². The average Bonchev–Trinajstić information content (AvgIpc) is 2.70. The Labute approximate surface area is 167 Å². The number of methoxy groups -OCH3 is 1. The predicted octanol–water partition coefficient (Wildman–Crippen LogP) is 0.586. The van der Waals surface area contributed by atoms with Crippen molar-refractivity contribution in [3.63, 3.8) is 0 Å². The summed E-state index contributed by atoms with van der Waals surface area (Å²) in [5.74, 6) is 0.505. The highest BCUT2D eigenvalue weighted by atomic mass is 16.5. The van der Waals surface area contributed by atoms with Gasteiger partial charge in [-0.2, -0.15) is 0 Å². The SMILES string of the molecule is COCCN(C)CC1CC(CO)CN(C(=O)c2nc(N)nc3c2CCCC3)C1. The van der Waals surface area contributed by atoms with E-state index >= 15 is 0 Å². The topological polar surface area (TPSA) is 105 Å². The minimum Gasteiger partial charge on any atom is -0.396 e. The maximum absolute atomic E-state index is 13.4. The Morgan fingerprint density at radius 1 is 1.29 bits per heavy atom. The third-order valence-corrected chi connectivity index (χ3v) is 5.82. The molecule has 3 rings (SSSR count). The highest BCUT2D eigenvalue weighted by molar-refractivity contribution is 5.94. The van der Waals surface area contributed by atoms with Gasteiger partial charge in [-0.1, -0.05) is 0 Å². The quantitative estimate of drug-likeness (QED) is 0.701. The van der Waals surface area contributed by atoms with Crippen LogP contribution in [0, 0.1) is 11.8 Å². The van der Waals surface area contributed by atoms with Crippen molar-refractivity contribution in [1.82, 2.24) is 19.8 Å². The molecule has 8 heteroatoms. The summed E-state index contributed by atoms with van der Waals surface area (Å²) in [5.41, 5.74) is 8.24. The first-order valence-corrected chi connectivity index (χ1v) is 10.2. The van der Waals surface area contributed by atoms with Crippen LogP contribution in [0.5, 0.6) is 0 Å². The summed E-state index contributed by atoms with van der Waals surface area (Å²) in [7, 11) is 3.76. The number of carbonyl (C=O) groups excluding carboxylic acids is 1. The number of aliphatic hydroxyl groups is 1. The molecule has 1 fully saturated rings. The summed E-state index contributed by atoms with van der Waals surface area (Å²) >= 11 is 0. The van der Waals surface area contributed by atoms with Crippen molar-refractivity contribution in [3.8, 4) is 0 Å². The molecule has 3 N–H and O–H groups in total. The first-order chi connectivity index (χ1) is 13.5. The van der Waals surface area contributed by atoms with Gasteiger partial charge in [-0.15, -0.1) is 0 Å². The van der Waals surface area contributed by atoms with Crippen LogP contribution in [0.3, 0.4) is 0 Å². The van der Waals surface area contributed by atoms with Gasteiger partial charge in [0.05, 0.1) is 6.61 Å². The standard InChI is InChI=1S/C20H33N5O3/c1-24(7-8-28-2)10-14-9-15(13-26)12-25(11-14)19(27)18-16-5-3-4-6-17(16)22-20(21)23-18/h14-15,26H,3-13H2,1-2H3,(H2,21,22,23). The Hall–Kier alpha value is -1.77. The molecule has 0 aromatic carbocycles. The van der Waals surface area contributed by atoms with Gasteiger partial charge >= 0.3 is 0 Å². The number of nitrogens with two attached hydrogens (primary N) is 1. The number of likely N-dealkylation sites (N-methyl/N-ethyl adjacent to an activating group) is 1. The van der Waals surface area contributed by atoms with E-state index in [1.165, 1.54) is 0 Å². The van der Waals surface area contributed by atoms with Crippen molar-refractivity contribution < 1.29 is 14.6 Å². The van der Waals surface area contributed by atoms with Crippen molar-refractivity contribution in [3.05, 3.63) is 17.0 Å². The van der Waals surface area contributed by atoms with Gasteiger partial charge in [0.2, 0.25) is 5.95 Å². The average molecular weight is 392 g/mol. The molecule has 0 saturated carbocycles. The van der Waals surface area contributed by atoms with Crippen LogP contribution in [-0.2, 0) is 17.6 Å². The summed E-state index contributed by atoms with van der Waals surface area (Å²) in [5, 5.41) is 9.77. The number of aromatic nitrogens is 2. The molecule has 0 bridgehead atoms. The number of hydrogen-bond acceptors (Lipinski definition) is 7. The lowest BCUT2D eigenvalue weighted by molar-refractivity contribution is 0.0444. The van der Waals surface area contributed by atoms with Crippen molar-refractivity contribution in [2.24, 2.45) is 11.8 Å². The molecule has 1 saturated heterocycles. The predicted molar refractivity (Wildman–Crippen MR) is 107 cm³/mol. The fourth-order valence-corrected chi connectivity index (χ4v) is 4.47. The molecular formula is C20H33N5O3. The van der Waals surface area contributed by atoms with E-state index in [1.54, 1.807) is 7.11 Å². The van der Waals surface area contributed by atoms with E-state index in [9.17, 15) is 9.90 Å². The third kappa shape index (κ3) is 4.98. The number of aryl methyl sites for hydroxylation is 1. The monoisotopic (exact) mass is 391 g/mol. The molecule has 1 aromatic rings. The molecule has 2 unspecified atom stereocenters. The van der Waals surface area contributed by atoms with Gasteiger partial charge in [-0.25, -0.2) is 9.97 Å².